The van der Waals surface area contributed by atoms with Crippen LogP contribution in [0.25, 0.3) is 0 Å². The molecular weight excluding hydrogens is 268 g/mol. The monoisotopic (exact) mass is 288 g/mol. The third-order valence-corrected chi connectivity index (χ3v) is 2.96. The van der Waals surface area contributed by atoms with Crippen LogP contribution in [0.2, 0.25) is 0 Å². The Labute approximate surface area is 125 Å². The summed E-state index contributed by atoms with van der Waals surface area (Å²) in [5, 5.41) is 0. The second-order valence-corrected chi connectivity index (χ2v) is 4.61. The largest absolute Gasteiger partial charge is 0.469 e. The van der Waals surface area contributed by atoms with Crippen molar-refractivity contribution in [2.24, 2.45) is 5.73 Å². The molecule has 0 atom stereocenters. The van der Waals surface area contributed by atoms with E-state index >= 15 is 0 Å². The lowest BCUT2D eigenvalue weighted by Crippen LogP contribution is -2.30. The summed E-state index contributed by atoms with van der Waals surface area (Å²) in [6, 6.07) is 5.49. The Morgan fingerprint density at radius 3 is 2.71 bits per heavy atom. The summed E-state index contributed by atoms with van der Waals surface area (Å²) in [5.74, 6) is 5.13. The fourth-order valence-corrected chi connectivity index (χ4v) is 1.76. The second-order valence-electron chi connectivity index (χ2n) is 4.61. The van der Waals surface area contributed by atoms with Gasteiger partial charge in [-0.05, 0) is 19.1 Å². The van der Waals surface area contributed by atoms with Gasteiger partial charge >= 0.3 is 5.97 Å². The molecule has 5 heteroatoms. The smallest absolute Gasteiger partial charge is 0.307 e. The normalized spacial score (nSPS) is 9.52. The average molecular weight is 288 g/mol. The van der Waals surface area contributed by atoms with E-state index in [1.54, 1.807) is 19.2 Å². The van der Waals surface area contributed by atoms with Crippen LogP contribution in [0.3, 0.4) is 0 Å². The molecule has 1 amide bonds. The molecule has 0 radical (unpaired) electrons. The molecule has 1 rings (SSSR count). The van der Waals surface area contributed by atoms with Crippen LogP contribution in [-0.4, -0.2) is 44.0 Å². The maximum Gasteiger partial charge on any atom is 0.307 e. The topological polar surface area (TPSA) is 72.6 Å². The maximum atomic E-state index is 12.5. The van der Waals surface area contributed by atoms with Gasteiger partial charge in [-0.2, -0.15) is 0 Å². The van der Waals surface area contributed by atoms with Gasteiger partial charge in [0.1, 0.15) is 0 Å². The van der Waals surface area contributed by atoms with Gasteiger partial charge in [0.25, 0.3) is 5.91 Å². The van der Waals surface area contributed by atoms with E-state index in [0.717, 1.165) is 5.56 Å². The molecule has 5 nitrogen and oxygen atoms in total. The number of hydrogen-bond donors (Lipinski definition) is 1. The van der Waals surface area contributed by atoms with E-state index < -0.39 is 0 Å². The Bertz CT molecular complexity index is 585. The predicted molar refractivity (Wildman–Crippen MR) is 80.7 cm³/mol. The summed E-state index contributed by atoms with van der Waals surface area (Å²) in [6.45, 7) is 2.44. The highest BCUT2D eigenvalue weighted by molar-refractivity contribution is 5.97. The first-order chi connectivity index (χ1) is 9.99. The average Bonchev–Trinajstić information content (AvgIpc) is 2.50. The molecule has 0 spiro atoms. The molecule has 0 aliphatic carbocycles. The van der Waals surface area contributed by atoms with Crippen LogP contribution in [0.1, 0.15) is 27.9 Å². The van der Waals surface area contributed by atoms with Crippen molar-refractivity contribution in [3.8, 4) is 11.8 Å². The van der Waals surface area contributed by atoms with E-state index in [4.69, 9.17) is 5.73 Å². The number of methoxy groups -OCH3 is 1. The van der Waals surface area contributed by atoms with Crippen molar-refractivity contribution in [2.45, 2.75) is 13.3 Å². The third kappa shape index (κ3) is 4.93. The Hall–Kier alpha value is -2.32. The van der Waals surface area contributed by atoms with Crippen LogP contribution < -0.4 is 5.73 Å². The van der Waals surface area contributed by atoms with Gasteiger partial charge in [0.2, 0.25) is 0 Å². The minimum absolute atomic E-state index is 0.161. The highest BCUT2D eigenvalue weighted by Crippen LogP contribution is 2.13. The first-order valence-electron chi connectivity index (χ1n) is 6.61. The van der Waals surface area contributed by atoms with Crippen molar-refractivity contribution < 1.29 is 14.3 Å². The van der Waals surface area contributed by atoms with Gasteiger partial charge in [-0.15, -0.1) is 0 Å². The Kier molecular flexibility index (Phi) is 6.44. The van der Waals surface area contributed by atoms with Crippen LogP contribution in [0, 0.1) is 18.8 Å². The number of amides is 1. The van der Waals surface area contributed by atoms with Gasteiger partial charge in [0, 0.05) is 19.2 Å². The number of ether oxygens (including phenoxy) is 1. The molecule has 0 aliphatic heterocycles. The number of rotatable bonds is 4. The highest BCUT2D eigenvalue weighted by atomic mass is 16.5. The number of hydrogen-bond acceptors (Lipinski definition) is 4. The van der Waals surface area contributed by atoms with E-state index in [0.29, 0.717) is 17.7 Å². The van der Waals surface area contributed by atoms with Gasteiger partial charge < -0.3 is 15.4 Å². The Balaban J connectivity index is 2.94. The van der Waals surface area contributed by atoms with Gasteiger partial charge in [0.15, 0.2) is 0 Å². The molecule has 0 aromatic heterocycles. The fraction of sp³-hybridized carbons (Fsp3) is 0.375. The molecule has 0 bridgehead atoms. The minimum Gasteiger partial charge on any atom is -0.469 e. The quantitative estimate of drug-likeness (QED) is 0.661. The SMILES string of the molecule is COC(=O)CCN(C)C(=O)c1cc(C)ccc1C#CCN. The minimum atomic E-state index is -0.345. The van der Waals surface area contributed by atoms with Gasteiger partial charge in [-0.25, -0.2) is 0 Å². The lowest BCUT2D eigenvalue weighted by molar-refractivity contribution is -0.140. The predicted octanol–water partition coefficient (Wildman–Crippen LogP) is 0.940. The zero-order chi connectivity index (χ0) is 15.8. The van der Waals surface area contributed by atoms with E-state index in [1.807, 2.05) is 13.0 Å². The zero-order valence-corrected chi connectivity index (χ0v) is 12.6. The molecule has 0 unspecified atom stereocenters. The van der Waals surface area contributed by atoms with Crippen LogP contribution in [0.4, 0.5) is 0 Å². The summed E-state index contributed by atoms with van der Waals surface area (Å²) in [7, 11) is 2.97. The molecule has 2 N–H and O–H groups in total. The second kappa shape index (κ2) is 8.08. The van der Waals surface area contributed by atoms with Crippen molar-refractivity contribution in [1.29, 1.82) is 0 Å². The first kappa shape index (κ1) is 16.7. The number of carbonyl (C=O) groups is 2. The Morgan fingerprint density at radius 1 is 1.38 bits per heavy atom. The van der Waals surface area contributed by atoms with E-state index in [-0.39, 0.29) is 24.8 Å². The molecule has 0 heterocycles. The summed E-state index contributed by atoms with van der Waals surface area (Å²) in [5.41, 5.74) is 7.50. The van der Waals surface area contributed by atoms with Crippen molar-refractivity contribution in [1.82, 2.24) is 4.90 Å². The molecule has 0 saturated heterocycles. The van der Waals surface area contributed by atoms with Crippen molar-refractivity contribution in [2.75, 3.05) is 27.2 Å². The standard InChI is InChI=1S/C16H20N2O3/c1-12-6-7-13(5-4-9-17)14(11-12)16(20)18(2)10-8-15(19)21-3/h6-7,11H,8-10,17H2,1-3H3. The number of nitrogens with zero attached hydrogens (tertiary/aromatic N) is 1. The molecule has 0 saturated carbocycles. The van der Waals surface area contributed by atoms with Crippen molar-refractivity contribution in [3.05, 3.63) is 34.9 Å². The first-order valence-corrected chi connectivity index (χ1v) is 6.61. The molecule has 1 aromatic rings. The molecular formula is C16H20N2O3. The molecule has 112 valence electrons. The van der Waals surface area contributed by atoms with Gasteiger partial charge in [-0.3, -0.25) is 9.59 Å². The molecule has 0 aliphatic rings. The van der Waals surface area contributed by atoms with Crippen molar-refractivity contribution in [3.63, 3.8) is 0 Å². The summed E-state index contributed by atoms with van der Waals surface area (Å²) < 4.78 is 4.57. The lowest BCUT2D eigenvalue weighted by Gasteiger charge is -2.17. The van der Waals surface area contributed by atoms with Crippen LogP contribution in [0.5, 0.6) is 0 Å². The molecule has 21 heavy (non-hydrogen) atoms. The van der Waals surface area contributed by atoms with Gasteiger partial charge in [0.05, 0.1) is 25.6 Å². The summed E-state index contributed by atoms with van der Waals surface area (Å²) in [4.78, 5) is 25.1. The number of esters is 1. The maximum absolute atomic E-state index is 12.5. The Morgan fingerprint density at radius 2 is 2.10 bits per heavy atom. The highest BCUT2D eigenvalue weighted by Gasteiger charge is 2.16. The summed E-state index contributed by atoms with van der Waals surface area (Å²) in [6.07, 6.45) is 0.161. The van der Waals surface area contributed by atoms with Gasteiger partial charge in [-0.1, -0.05) is 23.5 Å². The van der Waals surface area contributed by atoms with E-state index in [1.165, 1.54) is 12.0 Å². The molecule has 1 aromatic carbocycles. The fourth-order valence-electron chi connectivity index (χ4n) is 1.76. The van der Waals surface area contributed by atoms with Crippen LogP contribution in [-0.2, 0) is 9.53 Å². The zero-order valence-electron chi connectivity index (χ0n) is 12.6. The van der Waals surface area contributed by atoms with E-state index in [9.17, 15) is 9.59 Å². The van der Waals surface area contributed by atoms with E-state index in [2.05, 4.69) is 16.6 Å². The number of nitrogens with two attached hydrogens (primary N) is 1. The number of carbonyl (C=O) groups excluding carboxylic acids is 2. The third-order valence-electron chi connectivity index (χ3n) is 2.96. The van der Waals surface area contributed by atoms with Crippen molar-refractivity contribution >= 4 is 11.9 Å². The summed E-state index contributed by atoms with van der Waals surface area (Å²) >= 11 is 0. The van der Waals surface area contributed by atoms with Crippen LogP contribution >= 0.6 is 0 Å². The number of benzene rings is 1. The van der Waals surface area contributed by atoms with Crippen LogP contribution in [0.15, 0.2) is 18.2 Å². The molecule has 0 fully saturated rings. The number of aryl methyl sites for hydroxylation is 1. The lowest BCUT2D eigenvalue weighted by atomic mass is 10.0.